The van der Waals surface area contributed by atoms with E-state index in [0.29, 0.717) is 30.3 Å². The second-order valence-corrected chi connectivity index (χ2v) is 8.19. The molecule has 2 aromatic rings. The number of hydrogen-bond donors (Lipinski definition) is 2. The number of carbonyl (C=O) groups excluding carboxylic acids is 1. The minimum absolute atomic E-state index is 0.0209. The number of hydrogen-bond acceptors (Lipinski definition) is 7. The molecule has 1 amide bonds. The van der Waals surface area contributed by atoms with E-state index in [-0.39, 0.29) is 17.5 Å². The zero-order chi connectivity index (χ0) is 21.7. The normalized spacial score (nSPS) is 17.2. The minimum atomic E-state index is -0.777. The number of carboxylic acid groups (broad SMARTS) is 1. The first-order chi connectivity index (χ1) is 14.3. The molecule has 2 N–H and O–H groups in total. The number of carboxylic acids is 1. The van der Waals surface area contributed by atoms with Crippen molar-refractivity contribution in [2.75, 3.05) is 18.4 Å². The fourth-order valence-corrected chi connectivity index (χ4v) is 4.33. The lowest BCUT2D eigenvalue weighted by atomic mass is 9.98. The van der Waals surface area contributed by atoms with Crippen LogP contribution in [0.2, 0.25) is 0 Å². The molecule has 0 unspecified atom stereocenters. The van der Waals surface area contributed by atoms with Gasteiger partial charge in [0.1, 0.15) is 0 Å². The van der Waals surface area contributed by atoms with Gasteiger partial charge in [0.2, 0.25) is 5.91 Å². The molecule has 1 aliphatic heterocycles. The quantitative estimate of drug-likeness (QED) is 0.509. The molecule has 1 aliphatic rings. The van der Waals surface area contributed by atoms with Crippen LogP contribution < -0.4 is 5.32 Å². The highest BCUT2D eigenvalue weighted by Gasteiger charge is 2.26. The zero-order valence-electron chi connectivity index (χ0n) is 16.4. The highest BCUT2D eigenvalue weighted by molar-refractivity contribution is 7.16. The number of amides is 1. The molecule has 9 nitrogen and oxygen atoms in total. The largest absolute Gasteiger partial charge is 0.481 e. The number of aliphatic carboxylic acids is 1. The van der Waals surface area contributed by atoms with E-state index >= 15 is 0 Å². The zero-order valence-corrected chi connectivity index (χ0v) is 17.2. The molecule has 1 aromatic carbocycles. The average molecular weight is 430 g/mol. The standard InChI is InChI=1S/C20H22N4O5S/c1-13(25)21-20-22-17(9-6-14-4-7-16(8-5-14)24(28)29)18(30-20)12-23-10-2-3-15(11-23)19(26)27/h4-9,15H,2-3,10-12H2,1H3,(H,26,27)(H,21,22,25)/b9-6-/t15-/m1/s1. The van der Waals surface area contributed by atoms with Crippen molar-refractivity contribution in [1.82, 2.24) is 9.88 Å². The monoisotopic (exact) mass is 430 g/mol. The predicted molar refractivity (Wildman–Crippen MR) is 114 cm³/mol. The third-order valence-electron chi connectivity index (χ3n) is 4.77. The summed E-state index contributed by atoms with van der Waals surface area (Å²) >= 11 is 1.36. The average Bonchev–Trinajstić information content (AvgIpc) is 3.07. The summed E-state index contributed by atoms with van der Waals surface area (Å²) in [7, 11) is 0. The maximum Gasteiger partial charge on any atom is 0.307 e. The Balaban J connectivity index is 1.80. The summed E-state index contributed by atoms with van der Waals surface area (Å²) in [5.74, 6) is -1.37. The number of nitro groups is 1. The number of piperidine rings is 1. The van der Waals surface area contributed by atoms with Gasteiger partial charge in [0.05, 0.1) is 16.5 Å². The molecule has 1 aromatic heterocycles. The number of nitrogens with one attached hydrogen (secondary N) is 1. The van der Waals surface area contributed by atoms with E-state index in [0.717, 1.165) is 23.4 Å². The first kappa shape index (κ1) is 21.6. The molecule has 0 bridgehead atoms. The number of anilines is 1. The maximum atomic E-state index is 11.4. The third kappa shape index (κ3) is 5.71. The Labute approximate surface area is 177 Å². The molecule has 2 heterocycles. The molecule has 3 rings (SSSR count). The van der Waals surface area contributed by atoms with Crippen LogP contribution in [0, 0.1) is 16.0 Å². The van der Waals surface area contributed by atoms with Gasteiger partial charge in [0.25, 0.3) is 5.69 Å². The molecule has 0 radical (unpaired) electrons. The maximum absolute atomic E-state index is 11.4. The Morgan fingerprint density at radius 3 is 2.73 bits per heavy atom. The van der Waals surface area contributed by atoms with Crippen molar-refractivity contribution >= 4 is 46.2 Å². The van der Waals surface area contributed by atoms with Crippen molar-refractivity contribution in [3.8, 4) is 0 Å². The van der Waals surface area contributed by atoms with Crippen LogP contribution >= 0.6 is 11.3 Å². The number of non-ortho nitro benzene ring substituents is 1. The van der Waals surface area contributed by atoms with Crippen molar-refractivity contribution in [3.63, 3.8) is 0 Å². The molecule has 158 valence electrons. The summed E-state index contributed by atoms with van der Waals surface area (Å²) in [6.07, 6.45) is 5.11. The first-order valence-corrected chi connectivity index (χ1v) is 10.3. The van der Waals surface area contributed by atoms with Gasteiger partial charge in [-0.3, -0.25) is 24.6 Å². The SMILES string of the molecule is CC(=O)Nc1nc(/C=C\c2ccc([N+](=O)[O-])cc2)c(CN2CCC[C@@H](C(=O)O)C2)s1. The van der Waals surface area contributed by atoms with Crippen LogP contribution in [0.15, 0.2) is 24.3 Å². The molecule has 1 fully saturated rings. The Hall–Kier alpha value is -3.11. The summed E-state index contributed by atoms with van der Waals surface area (Å²) in [6, 6.07) is 6.17. The van der Waals surface area contributed by atoms with E-state index < -0.39 is 10.9 Å². The number of nitro benzene ring substituents is 1. The van der Waals surface area contributed by atoms with E-state index in [1.54, 1.807) is 24.3 Å². The summed E-state index contributed by atoms with van der Waals surface area (Å²) in [5, 5.41) is 23.3. The molecule has 0 saturated carbocycles. The third-order valence-corrected chi connectivity index (χ3v) is 5.74. The Bertz CT molecular complexity index is 970. The molecule has 1 saturated heterocycles. The van der Waals surface area contributed by atoms with E-state index in [9.17, 15) is 24.8 Å². The van der Waals surface area contributed by atoms with Gasteiger partial charge in [-0.2, -0.15) is 0 Å². The first-order valence-electron chi connectivity index (χ1n) is 9.47. The summed E-state index contributed by atoms with van der Waals surface area (Å²) in [5.41, 5.74) is 1.48. The number of nitrogens with zero attached hydrogens (tertiary/aromatic N) is 3. The number of likely N-dealkylation sites (tertiary alicyclic amines) is 1. The lowest BCUT2D eigenvalue weighted by molar-refractivity contribution is -0.384. The molecule has 1 atom stereocenters. The Morgan fingerprint density at radius 1 is 1.37 bits per heavy atom. The summed E-state index contributed by atoms with van der Waals surface area (Å²) in [4.78, 5) is 40.6. The van der Waals surface area contributed by atoms with Crippen molar-refractivity contribution < 1.29 is 19.6 Å². The lowest BCUT2D eigenvalue weighted by Gasteiger charge is -2.30. The second-order valence-electron chi connectivity index (χ2n) is 7.10. The van der Waals surface area contributed by atoms with Crippen LogP contribution in [0.5, 0.6) is 0 Å². The van der Waals surface area contributed by atoms with Crippen LogP contribution in [0.1, 0.15) is 35.9 Å². The predicted octanol–water partition coefficient (Wildman–Crippen LogP) is 3.48. The van der Waals surface area contributed by atoms with Gasteiger partial charge in [-0.1, -0.05) is 17.4 Å². The number of benzene rings is 1. The summed E-state index contributed by atoms with van der Waals surface area (Å²) in [6.45, 7) is 3.24. The fourth-order valence-electron chi connectivity index (χ4n) is 3.30. The number of rotatable bonds is 7. The molecule has 30 heavy (non-hydrogen) atoms. The van der Waals surface area contributed by atoms with Crippen LogP contribution in [0.25, 0.3) is 12.2 Å². The van der Waals surface area contributed by atoms with Gasteiger partial charge >= 0.3 is 5.97 Å². The van der Waals surface area contributed by atoms with Crippen molar-refractivity contribution in [2.24, 2.45) is 5.92 Å². The van der Waals surface area contributed by atoms with E-state index in [1.165, 1.54) is 30.4 Å². The van der Waals surface area contributed by atoms with Crippen molar-refractivity contribution in [1.29, 1.82) is 0 Å². The van der Waals surface area contributed by atoms with Crippen LogP contribution in [0.3, 0.4) is 0 Å². The van der Waals surface area contributed by atoms with Crippen LogP contribution in [0.4, 0.5) is 10.8 Å². The van der Waals surface area contributed by atoms with Crippen LogP contribution in [-0.2, 0) is 16.1 Å². The van der Waals surface area contributed by atoms with E-state index in [2.05, 4.69) is 15.2 Å². The number of aromatic nitrogens is 1. The highest BCUT2D eigenvalue weighted by Crippen LogP contribution is 2.28. The topological polar surface area (TPSA) is 126 Å². The van der Waals surface area contributed by atoms with Gasteiger partial charge in [0, 0.05) is 37.0 Å². The van der Waals surface area contributed by atoms with Gasteiger partial charge in [0.15, 0.2) is 5.13 Å². The van der Waals surface area contributed by atoms with Gasteiger partial charge < -0.3 is 10.4 Å². The number of carbonyl (C=O) groups is 2. The smallest absolute Gasteiger partial charge is 0.307 e. The van der Waals surface area contributed by atoms with E-state index in [4.69, 9.17) is 0 Å². The Morgan fingerprint density at radius 2 is 2.10 bits per heavy atom. The molecule has 0 aliphatic carbocycles. The van der Waals surface area contributed by atoms with Crippen LogP contribution in [-0.4, -0.2) is 44.9 Å². The second kappa shape index (κ2) is 9.59. The molecular formula is C20H22N4O5S. The molecule has 0 spiro atoms. The number of thiazole rings is 1. The van der Waals surface area contributed by atoms with Crippen molar-refractivity contribution in [3.05, 3.63) is 50.5 Å². The van der Waals surface area contributed by atoms with E-state index in [1.807, 2.05) is 0 Å². The van der Waals surface area contributed by atoms with Gasteiger partial charge in [-0.15, -0.1) is 0 Å². The van der Waals surface area contributed by atoms with Gasteiger partial charge in [-0.25, -0.2) is 4.98 Å². The van der Waals surface area contributed by atoms with Crippen molar-refractivity contribution in [2.45, 2.75) is 26.3 Å². The van der Waals surface area contributed by atoms with Gasteiger partial charge in [-0.05, 0) is 43.2 Å². The lowest BCUT2D eigenvalue weighted by Crippen LogP contribution is -2.38. The highest BCUT2D eigenvalue weighted by atomic mass is 32.1. The summed E-state index contributed by atoms with van der Waals surface area (Å²) < 4.78 is 0. The molecular weight excluding hydrogens is 408 g/mol. The molecule has 10 heteroatoms. The fraction of sp³-hybridized carbons (Fsp3) is 0.350. The Kier molecular flexibility index (Phi) is 6.91. The minimum Gasteiger partial charge on any atom is -0.481 e.